The Balaban J connectivity index is 3.10. The van der Waals surface area contributed by atoms with E-state index in [9.17, 15) is 4.79 Å². The summed E-state index contributed by atoms with van der Waals surface area (Å²) in [5, 5.41) is 9.48. The van der Waals surface area contributed by atoms with Crippen molar-refractivity contribution in [1.82, 2.24) is 0 Å². The summed E-state index contributed by atoms with van der Waals surface area (Å²) >= 11 is 5.71. The summed E-state index contributed by atoms with van der Waals surface area (Å²) in [6, 6.07) is 4.85. The molecule has 0 unspecified atom stereocenters. The van der Waals surface area contributed by atoms with E-state index in [4.69, 9.17) is 22.4 Å². The number of aliphatic hydroxyl groups excluding tert-OH is 1. The van der Waals surface area contributed by atoms with E-state index in [1.165, 1.54) is 0 Å². The number of carbonyl (C=O) groups is 1. The first kappa shape index (κ1) is 10.6. The van der Waals surface area contributed by atoms with Crippen molar-refractivity contribution < 1.29 is 9.90 Å². The predicted molar refractivity (Wildman–Crippen MR) is 53.4 cm³/mol. The highest BCUT2D eigenvalue weighted by atomic mass is 35.5. The van der Waals surface area contributed by atoms with Gasteiger partial charge in [-0.25, -0.2) is 0 Å². The van der Waals surface area contributed by atoms with Gasteiger partial charge in [0, 0.05) is 10.6 Å². The summed E-state index contributed by atoms with van der Waals surface area (Å²) in [6.07, 6.45) is 0. The molecule has 0 bridgehead atoms. The lowest BCUT2D eigenvalue weighted by Gasteiger charge is -2.00. The van der Waals surface area contributed by atoms with Gasteiger partial charge in [-0.3, -0.25) is 4.79 Å². The van der Waals surface area contributed by atoms with Crippen LogP contribution in [0.3, 0.4) is 0 Å². The number of rotatable bonds is 1. The van der Waals surface area contributed by atoms with Crippen LogP contribution in [0.4, 0.5) is 0 Å². The van der Waals surface area contributed by atoms with Gasteiger partial charge in [0.2, 0.25) is 0 Å². The van der Waals surface area contributed by atoms with Crippen molar-refractivity contribution in [2.45, 2.75) is 6.61 Å². The summed E-state index contributed by atoms with van der Waals surface area (Å²) in [5.41, 5.74) is 5.99. The van der Waals surface area contributed by atoms with Crippen molar-refractivity contribution in [3.05, 3.63) is 34.3 Å². The predicted octanol–water partition coefficient (Wildman–Crippen LogP) is 0.669. The zero-order valence-corrected chi connectivity index (χ0v) is 8.01. The van der Waals surface area contributed by atoms with Crippen LogP contribution in [0.5, 0.6) is 0 Å². The van der Waals surface area contributed by atoms with E-state index in [0.29, 0.717) is 16.1 Å². The van der Waals surface area contributed by atoms with E-state index < -0.39 is 5.91 Å². The van der Waals surface area contributed by atoms with Crippen molar-refractivity contribution in [2.24, 2.45) is 5.73 Å². The van der Waals surface area contributed by atoms with Crippen LogP contribution in [0, 0.1) is 11.8 Å². The number of amides is 1. The second-order valence-corrected chi connectivity index (χ2v) is 3.01. The quantitative estimate of drug-likeness (QED) is 0.668. The molecule has 72 valence electrons. The number of nitrogens with two attached hydrogens (primary N) is 1. The Morgan fingerprint density at radius 2 is 2.29 bits per heavy atom. The minimum absolute atomic E-state index is 0.177. The van der Waals surface area contributed by atoms with Crippen molar-refractivity contribution in [3.8, 4) is 11.8 Å². The molecule has 1 rings (SSSR count). The monoisotopic (exact) mass is 209 g/mol. The Bertz CT molecular complexity index is 418. The molecule has 0 saturated heterocycles. The number of aliphatic hydroxyl groups is 1. The lowest BCUT2D eigenvalue weighted by Crippen LogP contribution is -2.06. The van der Waals surface area contributed by atoms with Gasteiger partial charge in [0.25, 0.3) is 5.91 Å². The molecule has 3 nitrogen and oxygen atoms in total. The minimum atomic E-state index is -0.705. The van der Waals surface area contributed by atoms with Gasteiger partial charge in [-0.2, -0.15) is 0 Å². The van der Waals surface area contributed by atoms with E-state index in [2.05, 4.69) is 11.8 Å². The first-order valence-electron chi connectivity index (χ1n) is 3.84. The summed E-state index contributed by atoms with van der Waals surface area (Å²) in [6.45, 7) is -0.177. The van der Waals surface area contributed by atoms with Gasteiger partial charge in [-0.05, 0) is 29.7 Å². The molecule has 0 aliphatic heterocycles. The van der Waals surface area contributed by atoms with Crippen molar-refractivity contribution in [1.29, 1.82) is 0 Å². The average molecular weight is 210 g/mol. The molecule has 0 radical (unpaired) electrons. The fourth-order valence-electron chi connectivity index (χ4n) is 0.944. The third kappa shape index (κ3) is 2.77. The van der Waals surface area contributed by atoms with Crippen molar-refractivity contribution in [3.63, 3.8) is 0 Å². The molecular weight excluding hydrogens is 202 g/mol. The third-order valence-electron chi connectivity index (χ3n) is 1.56. The molecule has 0 atom stereocenters. The molecule has 0 heterocycles. The van der Waals surface area contributed by atoms with Gasteiger partial charge < -0.3 is 10.8 Å². The Hall–Kier alpha value is -1.50. The van der Waals surface area contributed by atoms with E-state index in [-0.39, 0.29) is 6.61 Å². The van der Waals surface area contributed by atoms with Crippen LogP contribution in [-0.2, 0) is 11.4 Å². The molecule has 0 spiro atoms. The van der Waals surface area contributed by atoms with E-state index in [1.54, 1.807) is 18.2 Å². The SMILES string of the molecule is NC(=O)C#Cc1ccc(Cl)cc1CO. The summed E-state index contributed by atoms with van der Waals surface area (Å²) in [7, 11) is 0. The zero-order valence-electron chi connectivity index (χ0n) is 7.25. The molecule has 0 aliphatic rings. The van der Waals surface area contributed by atoms with Crippen LogP contribution in [0.15, 0.2) is 18.2 Å². The molecule has 1 aromatic carbocycles. The van der Waals surface area contributed by atoms with Gasteiger partial charge in [0.1, 0.15) is 0 Å². The molecule has 1 amide bonds. The maximum Gasteiger partial charge on any atom is 0.293 e. The third-order valence-corrected chi connectivity index (χ3v) is 1.79. The Morgan fingerprint density at radius 1 is 1.57 bits per heavy atom. The second-order valence-electron chi connectivity index (χ2n) is 2.57. The standard InChI is InChI=1S/C10H8ClNO2/c11-9-3-1-7(2-4-10(12)14)8(5-9)6-13/h1,3,5,13H,6H2,(H2,12,14). The highest BCUT2D eigenvalue weighted by Gasteiger charge is 1.99. The normalized spacial score (nSPS) is 9.00. The number of primary amides is 1. The van der Waals surface area contributed by atoms with E-state index >= 15 is 0 Å². The van der Waals surface area contributed by atoms with Crippen LogP contribution in [0.2, 0.25) is 5.02 Å². The van der Waals surface area contributed by atoms with Crippen molar-refractivity contribution >= 4 is 17.5 Å². The van der Waals surface area contributed by atoms with Gasteiger partial charge >= 0.3 is 0 Å². The van der Waals surface area contributed by atoms with Gasteiger partial charge in [-0.1, -0.05) is 17.5 Å². The van der Waals surface area contributed by atoms with Gasteiger partial charge in [-0.15, -0.1) is 0 Å². The summed E-state index contributed by atoms with van der Waals surface area (Å²) in [4.78, 5) is 10.4. The average Bonchev–Trinajstić information content (AvgIpc) is 2.15. The molecule has 0 aromatic heterocycles. The Kier molecular flexibility index (Phi) is 3.52. The lowest BCUT2D eigenvalue weighted by molar-refractivity contribution is -0.112. The molecule has 0 saturated carbocycles. The zero-order chi connectivity index (χ0) is 10.6. The number of hydrogen-bond donors (Lipinski definition) is 2. The second kappa shape index (κ2) is 4.66. The highest BCUT2D eigenvalue weighted by Crippen LogP contribution is 2.15. The van der Waals surface area contributed by atoms with Crippen LogP contribution in [0.1, 0.15) is 11.1 Å². The number of halogens is 1. The summed E-state index contributed by atoms with van der Waals surface area (Å²) in [5.74, 6) is 4.03. The smallest absolute Gasteiger partial charge is 0.293 e. The molecule has 4 heteroatoms. The summed E-state index contributed by atoms with van der Waals surface area (Å²) < 4.78 is 0. The van der Waals surface area contributed by atoms with Crippen LogP contribution in [-0.4, -0.2) is 11.0 Å². The molecular formula is C10H8ClNO2. The first-order valence-corrected chi connectivity index (χ1v) is 4.22. The van der Waals surface area contributed by atoms with Gasteiger partial charge in [0.05, 0.1) is 6.61 Å². The highest BCUT2D eigenvalue weighted by molar-refractivity contribution is 6.30. The van der Waals surface area contributed by atoms with Crippen LogP contribution in [0.25, 0.3) is 0 Å². The van der Waals surface area contributed by atoms with E-state index in [0.717, 1.165) is 0 Å². The number of benzene rings is 1. The maximum atomic E-state index is 10.4. The molecule has 14 heavy (non-hydrogen) atoms. The number of hydrogen-bond acceptors (Lipinski definition) is 2. The van der Waals surface area contributed by atoms with Gasteiger partial charge in [0.15, 0.2) is 0 Å². The molecule has 1 aromatic rings. The van der Waals surface area contributed by atoms with E-state index in [1.807, 2.05) is 0 Å². The minimum Gasteiger partial charge on any atom is -0.392 e. The van der Waals surface area contributed by atoms with Crippen molar-refractivity contribution in [2.75, 3.05) is 0 Å². The topological polar surface area (TPSA) is 63.3 Å². The molecule has 3 N–H and O–H groups in total. The van der Waals surface area contributed by atoms with Crippen LogP contribution >= 0.6 is 11.6 Å². The maximum absolute atomic E-state index is 10.4. The Morgan fingerprint density at radius 3 is 2.86 bits per heavy atom. The molecule has 0 fully saturated rings. The first-order chi connectivity index (χ1) is 6.63. The lowest BCUT2D eigenvalue weighted by atomic mass is 10.1. The van der Waals surface area contributed by atoms with Crippen LogP contribution < -0.4 is 5.73 Å². The fraction of sp³-hybridized carbons (Fsp3) is 0.100. The molecule has 0 aliphatic carbocycles. The largest absolute Gasteiger partial charge is 0.392 e. The fourth-order valence-corrected chi connectivity index (χ4v) is 1.14. The Labute approximate surface area is 86.5 Å². The number of carbonyl (C=O) groups excluding carboxylic acids is 1.